The van der Waals surface area contributed by atoms with Crippen molar-refractivity contribution in [2.45, 2.75) is 6.54 Å². The Balaban J connectivity index is 1.62. The molecule has 180 valence electrons. The Hall–Kier alpha value is -4.76. The van der Waals surface area contributed by atoms with Gasteiger partial charge in [-0.3, -0.25) is 19.5 Å². The van der Waals surface area contributed by atoms with Crippen LogP contribution < -0.4 is 15.8 Å². The van der Waals surface area contributed by atoms with Gasteiger partial charge in [-0.15, -0.1) is 0 Å². The number of aromatic nitrogens is 4. The molecule has 36 heavy (non-hydrogen) atoms. The molecule has 2 aromatic heterocycles. The molecule has 0 saturated heterocycles. The number of hydroxylamine groups is 1. The average Bonchev–Trinajstić information content (AvgIpc) is 3.34. The minimum atomic E-state index is -0.574. The van der Waals surface area contributed by atoms with E-state index in [1.54, 1.807) is 31.8 Å². The van der Waals surface area contributed by atoms with E-state index in [-0.39, 0.29) is 5.56 Å². The molecule has 2 heterocycles. The van der Waals surface area contributed by atoms with Crippen LogP contribution in [-0.2, 0) is 13.6 Å². The third kappa shape index (κ3) is 4.23. The van der Waals surface area contributed by atoms with Crippen LogP contribution in [0.2, 0.25) is 0 Å². The van der Waals surface area contributed by atoms with Crippen molar-refractivity contribution in [1.29, 1.82) is 0 Å². The Morgan fingerprint density at radius 1 is 1.06 bits per heavy atom. The van der Waals surface area contributed by atoms with Gasteiger partial charge in [0.1, 0.15) is 5.75 Å². The standard InChI is InChI=1S/C27H23N5O4/c1-31-16-28-22-12-11-19(13-21(22)27(31)34)23-14-24(20-5-3-4-6-25(20)36-2)32(29-23)15-17-7-9-18(10-8-17)26(33)30-35/h3-14,16,35H,15H2,1-2H3,(H,30,33). The smallest absolute Gasteiger partial charge is 0.274 e. The molecule has 0 radical (unpaired) electrons. The van der Waals surface area contributed by atoms with Gasteiger partial charge in [-0.05, 0) is 48.0 Å². The van der Waals surface area contributed by atoms with Crippen LogP contribution in [0.15, 0.2) is 83.9 Å². The third-order valence-electron chi connectivity index (χ3n) is 6.03. The highest BCUT2D eigenvalue weighted by atomic mass is 16.5. The van der Waals surface area contributed by atoms with E-state index in [1.807, 2.05) is 65.3 Å². The first kappa shape index (κ1) is 23.0. The molecule has 0 aliphatic carbocycles. The molecule has 0 saturated carbocycles. The van der Waals surface area contributed by atoms with Crippen LogP contribution in [0.25, 0.3) is 33.4 Å². The second-order valence-electron chi connectivity index (χ2n) is 8.30. The number of aryl methyl sites for hydroxylation is 1. The second kappa shape index (κ2) is 9.47. The summed E-state index contributed by atoms with van der Waals surface area (Å²) in [6.45, 7) is 0.422. The number of para-hydroxylation sites is 1. The quantitative estimate of drug-likeness (QED) is 0.283. The molecule has 3 aromatic carbocycles. The number of nitrogens with zero attached hydrogens (tertiary/aromatic N) is 4. The molecule has 0 fully saturated rings. The topological polar surface area (TPSA) is 111 Å². The average molecular weight is 482 g/mol. The van der Waals surface area contributed by atoms with Gasteiger partial charge in [0, 0.05) is 23.7 Å². The van der Waals surface area contributed by atoms with E-state index in [2.05, 4.69) is 4.98 Å². The van der Waals surface area contributed by atoms with Gasteiger partial charge in [0.2, 0.25) is 0 Å². The van der Waals surface area contributed by atoms with Crippen molar-refractivity contribution < 1.29 is 14.7 Å². The maximum Gasteiger partial charge on any atom is 0.274 e. The number of carbonyl (C=O) groups excluding carboxylic acids is 1. The highest BCUT2D eigenvalue weighted by Gasteiger charge is 2.16. The number of carbonyl (C=O) groups is 1. The van der Waals surface area contributed by atoms with Crippen LogP contribution in [-0.4, -0.2) is 37.6 Å². The monoisotopic (exact) mass is 481 g/mol. The summed E-state index contributed by atoms with van der Waals surface area (Å²) in [5.41, 5.74) is 6.57. The lowest BCUT2D eigenvalue weighted by Gasteiger charge is -2.11. The van der Waals surface area contributed by atoms with Crippen LogP contribution in [0.3, 0.4) is 0 Å². The van der Waals surface area contributed by atoms with Crippen molar-refractivity contribution in [3.05, 3.63) is 101 Å². The molecule has 5 aromatic rings. The molecular weight excluding hydrogens is 458 g/mol. The first-order valence-corrected chi connectivity index (χ1v) is 11.2. The molecule has 0 aliphatic heterocycles. The largest absolute Gasteiger partial charge is 0.496 e. The summed E-state index contributed by atoms with van der Waals surface area (Å²) in [7, 11) is 3.29. The van der Waals surface area contributed by atoms with Crippen LogP contribution in [0.5, 0.6) is 5.75 Å². The SMILES string of the molecule is COc1ccccc1-c1cc(-c2ccc3ncn(C)c(=O)c3c2)nn1Cc1ccc(C(=O)NO)cc1. The van der Waals surface area contributed by atoms with Gasteiger partial charge < -0.3 is 9.30 Å². The maximum atomic E-state index is 12.7. The molecule has 0 unspecified atom stereocenters. The summed E-state index contributed by atoms with van der Waals surface area (Å²) in [6.07, 6.45) is 1.51. The van der Waals surface area contributed by atoms with Gasteiger partial charge in [-0.1, -0.05) is 30.3 Å². The van der Waals surface area contributed by atoms with Crippen LogP contribution in [0.1, 0.15) is 15.9 Å². The van der Waals surface area contributed by atoms with Crippen molar-refractivity contribution in [3.63, 3.8) is 0 Å². The van der Waals surface area contributed by atoms with Crippen molar-refractivity contribution in [2.24, 2.45) is 7.05 Å². The predicted octanol–water partition coefficient (Wildman–Crippen LogP) is 3.64. The number of hydrogen-bond donors (Lipinski definition) is 2. The number of ether oxygens (including phenoxy) is 1. The summed E-state index contributed by atoms with van der Waals surface area (Å²) in [6, 6.07) is 22.1. The van der Waals surface area contributed by atoms with E-state index in [4.69, 9.17) is 15.0 Å². The zero-order valence-corrected chi connectivity index (χ0v) is 19.7. The Morgan fingerprint density at radius 3 is 2.58 bits per heavy atom. The third-order valence-corrected chi connectivity index (χ3v) is 6.03. The van der Waals surface area contributed by atoms with Gasteiger partial charge in [0.05, 0.1) is 42.3 Å². The molecule has 0 aliphatic rings. The fourth-order valence-electron chi connectivity index (χ4n) is 4.12. The van der Waals surface area contributed by atoms with Crippen molar-refractivity contribution >= 4 is 16.8 Å². The second-order valence-corrected chi connectivity index (χ2v) is 8.30. The van der Waals surface area contributed by atoms with Crippen molar-refractivity contribution in [2.75, 3.05) is 7.11 Å². The number of hydrogen-bond acceptors (Lipinski definition) is 6. The van der Waals surface area contributed by atoms with Gasteiger partial charge >= 0.3 is 0 Å². The van der Waals surface area contributed by atoms with Crippen LogP contribution >= 0.6 is 0 Å². The van der Waals surface area contributed by atoms with Crippen LogP contribution in [0.4, 0.5) is 0 Å². The van der Waals surface area contributed by atoms with Crippen LogP contribution in [0, 0.1) is 0 Å². The molecule has 2 N–H and O–H groups in total. The normalized spacial score (nSPS) is 11.0. The Kier molecular flexibility index (Phi) is 6.05. The highest BCUT2D eigenvalue weighted by molar-refractivity contribution is 5.93. The molecule has 0 atom stereocenters. The number of benzene rings is 3. The first-order chi connectivity index (χ1) is 17.5. The lowest BCUT2D eigenvalue weighted by Crippen LogP contribution is -2.18. The molecular formula is C27H23N5O4. The lowest BCUT2D eigenvalue weighted by molar-refractivity contribution is 0.0706. The zero-order valence-electron chi connectivity index (χ0n) is 19.7. The Morgan fingerprint density at radius 2 is 1.83 bits per heavy atom. The Bertz CT molecular complexity index is 1640. The number of rotatable bonds is 6. The van der Waals surface area contributed by atoms with Gasteiger partial charge in [-0.25, -0.2) is 10.5 Å². The molecule has 5 rings (SSSR count). The predicted molar refractivity (Wildman–Crippen MR) is 135 cm³/mol. The summed E-state index contributed by atoms with van der Waals surface area (Å²) >= 11 is 0. The fourth-order valence-corrected chi connectivity index (χ4v) is 4.12. The molecule has 9 heteroatoms. The number of amides is 1. The molecule has 0 spiro atoms. The van der Waals surface area contributed by atoms with Gasteiger partial charge in [0.15, 0.2) is 0 Å². The summed E-state index contributed by atoms with van der Waals surface area (Å²) in [4.78, 5) is 28.7. The van der Waals surface area contributed by atoms with E-state index in [9.17, 15) is 9.59 Å². The van der Waals surface area contributed by atoms with E-state index >= 15 is 0 Å². The number of nitrogens with one attached hydrogen (secondary N) is 1. The fraction of sp³-hybridized carbons (Fsp3) is 0.111. The zero-order chi connectivity index (χ0) is 25.2. The summed E-state index contributed by atoms with van der Waals surface area (Å²) in [5.74, 6) is 0.131. The van der Waals surface area contributed by atoms with Gasteiger partial charge in [0.25, 0.3) is 11.5 Å². The molecule has 0 bridgehead atoms. The first-order valence-electron chi connectivity index (χ1n) is 11.2. The van der Waals surface area contributed by atoms with E-state index in [0.717, 1.165) is 22.4 Å². The number of fused-ring (bicyclic) bond motifs is 1. The number of methoxy groups -OCH3 is 1. The van der Waals surface area contributed by atoms with E-state index in [0.29, 0.717) is 34.5 Å². The summed E-state index contributed by atoms with van der Waals surface area (Å²) < 4.78 is 8.91. The Labute approximate surface area is 206 Å². The van der Waals surface area contributed by atoms with Crippen molar-refractivity contribution in [1.82, 2.24) is 24.8 Å². The maximum absolute atomic E-state index is 12.7. The molecule has 9 nitrogen and oxygen atoms in total. The lowest BCUT2D eigenvalue weighted by atomic mass is 10.1. The van der Waals surface area contributed by atoms with E-state index < -0.39 is 5.91 Å². The minimum absolute atomic E-state index is 0.127. The van der Waals surface area contributed by atoms with Gasteiger partial charge in [-0.2, -0.15) is 5.10 Å². The van der Waals surface area contributed by atoms with E-state index in [1.165, 1.54) is 10.9 Å². The minimum Gasteiger partial charge on any atom is -0.496 e. The van der Waals surface area contributed by atoms with Crippen molar-refractivity contribution in [3.8, 4) is 28.3 Å². The molecule has 1 amide bonds. The highest BCUT2D eigenvalue weighted by Crippen LogP contribution is 2.33. The summed E-state index contributed by atoms with van der Waals surface area (Å²) in [5, 5.41) is 14.3.